The Hall–Kier alpha value is -1.42. The van der Waals surface area contributed by atoms with Crippen molar-refractivity contribution in [3.63, 3.8) is 0 Å². The molecule has 0 aliphatic heterocycles. The van der Waals surface area contributed by atoms with Crippen molar-refractivity contribution in [3.05, 3.63) is 29.6 Å². The van der Waals surface area contributed by atoms with Crippen LogP contribution in [0.3, 0.4) is 0 Å². The number of carbonyl (C=O) groups excluding carboxylic acids is 1. The van der Waals surface area contributed by atoms with Gasteiger partial charge in [0.05, 0.1) is 18.4 Å². The van der Waals surface area contributed by atoms with E-state index in [9.17, 15) is 4.79 Å². The van der Waals surface area contributed by atoms with Gasteiger partial charge in [0.1, 0.15) is 0 Å². The quantitative estimate of drug-likeness (QED) is 0.697. The number of ether oxygens (including phenoxy) is 1. The molecule has 100 valence electrons. The molecule has 0 saturated heterocycles. The second-order valence-corrected chi connectivity index (χ2v) is 4.31. The summed E-state index contributed by atoms with van der Waals surface area (Å²) in [4.78, 5) is 18.0. The third-order valence-corrected chi connectivity index (χ3v) is 2.71. The lowest BCUT2D eigenvalue weighted by Crippen LogP contribution is -2.25. The van der Waals surface area contributed by atoms with Crippen LogP contribution in [-0.4, -0.2) is 36.1 Å². The predicted molar refractivity (Wildman–Crippen MR) is 71.4 cm³/mol. The zero-order valence-electron chi connectivity index (χ0n) is 11.5. The summed E-state index contributed by atoms with van der Waals surface area (Å²) in [5.74, 6) is -0.340. The minimum Gasteiger partial charge on any atom is -0.465 e. The van der Waals surface area contributed by atoms with Crippen molar-refractivity contribution < 1.29 is 9.53 Å². The third-order valence-electron chi connectivity index (χ3n) is 2.71. The average Bonchev–Trinajstić information content (AvgIpc) is 2.39. The summed E-state index contributed by atoms with van der Waals surface area (Å²) in [6.07, 6.45) is 3.86. The van der Waals surface area contributed by atoms with E-state index in [1.807, 2.05) is 6.07 Å². The number of nitrogens with zero attached hydrogens (tertiary/aromatic N) is 2. The summed E-state index contributed by atoms with van der Waals surface area (Å²) < 4.78 is 4.65. The van der Waals surface area contributed by atoms with Gasteiger partial charge < -0.3 is 4.74 Å². The second-order valence-electron chi connectivity index (χ2n) is 4.31. The first-order chi connectivity index (χ1) is 8.71. The van der Waals surface area contributed by atoms with Crippen molar-refractivity contribution in [1.82, 2.24) is 9.88 Å². The summed E-state index contributed by atoms with van der Waals surface area (Å²) in [6, 6.07) is 3.66. The van der Waals surface area contributed by atoms with Gasteiger partial charge in [-0.05, 0) is 38.1 Å². The van der Waals surface area contributed by atoms with Crippen LogP contribution in [0.1, 0.15) is 42.7 Å². The largest absolute Gasteiger partial charge is 0.465 e. The van der Waals surface area contributed by atoms with Gasteiger partial charge in [-0.15, -0.1) is 0 Å². The number of pyridine rings is 1. The first-order valence-corrected chi connectivity index (χ1v) is 6.46. The molecule has 0 spiro atoms. The van der Waals surface area contributed by atoms with E-state index in [4.69, 9.17) is 0 Å². The Morgan fingerprint density at radius 3 is 2.39 bits per heavy atom. The Morgan fingerprint density at radius 2 is 1.94 bits per heavy atom. The van der Waals surface area contributed by atoms with Crippen LogP contribution in [0.5, 0.6) is 0 Å². The van der Waals surface area contributed by atoms with Gasteiger partial charge in [-0.1, -0.05) is 13.8 Å². The highest BCUT2D eigenvalue weighted by molar-refractivity contribution is 5.88. The van der Waals surface area contributed by atoms with Crippen LogP contribution >= 0.6 is 0 Å². The zero-order valence-corrected chi connectivity index (χ0v) is 11.5. The Balaban J connectivity index is 2.63. The van der Waals surface area contributed by atoms with E-state index in [0.29, 0.717) is 5.56 Å². The Bertz CT molecular complexity index is 357. The van der Waals surface area contributed by atoms with Gasteiger partial charge in [0.25, 0.3) is 0 Å². The fraction of sp³-hybridized carbons (Fsp3) is 0.571. The van der Waals surface area contributed by atoms with E-state index < -0.39 is 0 Å². The monoisotopic (exact) mass is 250 g/mol. The number of hydrogen-bond acceptors (Lipinski definition) is 4. The number of hydrogen-bond donors (Lipinski definition) is 0. The molecule has 18 heavy (non-hydrogen) atoms. The van der Waals surface area contributed by atoms with Gasteiger partial charge in [-0.25, -0.2) is 4.79 Å². The molecule has 1 aromatic heterocycles. The molecule has 0 radical (unpaired) electrons. The lowest BCUT2D eigenvalue weighted by molar-refractivity contribution is 0.0600. The molecule has 0 aliphatic rings. The lowest BCUT2D eigenvalue weighted by atomic mass is 10.2. The maximum Gasteiger partial charge on any atom is 0.339 e. The van der Waals surface area contributed by atoms with Crippen molar-refractivity contribution in [2.45, 2.75) is 33.2 Å². The topological polar surface area (TPSA) is 42.4 Å². The Morgan fingerprint density at radius 1 is 1.28 bits per heavy atom. The molecule has 0 fully saturated rings. The van der Waals surface area contributed by atoms with Crippen LogP contribution in [0.2, 0.25) is 0 Å². The Labute approximate surface area is 109 Å². The molecular formula is C14H22N2O2. The summed E-state index contributed by atoms with van der Waals surface area (Å²) in [5, 5.41) is 0. The van der Waals surface area contributed by atoms with Crippen LogP contribution in [0.25, 0.3) is 0 Å². The van der Waals surface area contributed by atoms with Gasteiger partial charge in [0, 0.05) is 12.7 Å². The number of carbonyl (C=O) groups is 1. The third kappa shape index (κ3) is 4.45. The molecule has 0 unspecified atom stereocenters. The molecule has 0 bridgehead atoms. The van der Waals surface area contributed by atoms with Crippen molar-refractivity contribution in [1.29, 1.82) is 0 Å². The maximum absolute atomic E-state index is 11.3. The minimum absolute atomic E-state index is 0.340. The molecule has 0 atom stereocenters. The van der Waals surface area contributed by atoms with Gasteiger partial charge in [0.2, 0.25) is 0 Å². The summed E-state index contributed by atoms with van der Waals surface area (Å²) >= 11 is 0. The van der Waals surface area contributed by atoms with Crippen LogP contribution in [0.4, 0.5) is 0 Å². The molecule has 0 N–H and O–H groups in total. The van der Waals surface area contributed by atoms with Crippen molar-refractivity contribution in [3.8, 4) is 0 Å². The maximum atomic E-state index is 11.3. The smallest absolute Gasteiger partial charge is 0.339 e. The summed E-state index contributed by atoms with van der Waals surface area (Å²) in [7, 11) is 1.38. The van der Waals surface area contributed by atoms with Crippen molar-refractivity contribution in [2.75, 3.05) is 20.2 Å². The van der Waals surface area contributed by atoms with E-state index in [2.05, 4.69) is 28.5 Å². The molecule has 0 aromatic carbocycles. The van der Waals surface area contributed by atoms with Crippen LogP contribution in [0, 0.1) is 0 Å². The zero-order chi connectivity index (χ0) is 13.4. The van der Waals surface area contributed by atoms with E-state index in [0.717, 1.165) is 38.2 Å². The highest BCUT2D eigenvalue weighted by atomic mass is 16.5. The van der Waals surface area contributed by atoms with E-state index in [1.54, 1.807) is 12.3 Å². The van der Waals surface area contributed by atoms with Gasteiger partial charge in [-0.3, -0.25) is 9.88 Å². The normalized spacial score (nSPS) is 10.7. The molecule has 1 aromatic rings. The second kappa shape index (κ2) is 7.82. The first kappa shape index (κ1) is 14.6. The van der Waals surface area contributed by atoms with Gasteiger partial charge in [0.15, 0.2) is 0 Å². The summed E-state index contributed by atoms with van der Waals surface area (Å²) in [6.45, 7) is 7.35. The van der Waals surface area contributed by atoms with Crippen LogP contribution in [-0.2, 0) is 11.3 Å². The van der Waals surface area contributed by atoms with E-state index in [-0.39, 0.29) is 5.97 Å². The fourth-order valence-electron chi connectivity index (χ4n) is 1.89. The van der Waals surface area contributed by atoms with Crippen molar-refractivity contribution in [2.24, 2.45) is 0 Å². The molecule has 4 heteroatoms. The number of rotatable bonds is 7. The molecule has 1 heterocycles. The van der Waals surface area contributed by atoms with Gasteiger partial charge >= 0.3 is 5.97 Å². The average molecular weight is 250 g/mol. The predicted octanol–water partition coefficient (Wildman–Crippen LogP) is 2.49. The highest BCUT2D eigenvalue weighted by Crippen LogP contribution is 2.06. The molecule has 1 rings (SSSR count). The molecule has 0 amide bonds. The molecule has 0 aliphatic carbocycles. The standard InChI is InChI=1S/C14H22N2O2/c1-4-8-16(9-5-2)11-13-7-6-12(10-15-13)14(17)18-3/h6-7,10H,4-5,8-9,11H2,1-3H3. The van der Waals surface area contributed by atoms with Crippen LogP contribution < -0.4 is 0 Å². The van der Waals surface area contributed by atoms with E-state index in [1.165, 1.54) is 7.11 Å². The lowest BCUT2D eigenvalue weighted by Gasteiger charge is -2.20. The first-order valence-electron chi connectivity index (χ1n) is 6.46. The fourth-order valence-corrected chi connectivity index (χ4v) is 1.89. The highest BCUT2D eigenvalue weighted by Gasteiger charge is 2.08. The molecule has 0 saturated carbocycles. The number of methoxy groups -OCH3 is 1. The SMILES string of the molecule is CCCN(CCC)Cc1ccc(C(=O)OC)cn1. The number of aromatic nitrogens is 1. The van der Waals surface area contributed by atoms with Crippen molar-refractivity contribution >= 4 is 5.97 Å². The minimum atomic E-state index is -0.340. The van der Waals surface area contributed by atoms with E-state index >= 15 is 0 Å². The van der Waals surface area contributed by atoms with Crippen LogP contribution in [0.15, 0.2) is 18.3 Å². The Kier molecular flexibility index (Phi) is 6.36. The molecular weight excluding hydrogens is 228 g/mol. The molecule has 4 nitrogen and oxygen atoms in total. The number of esters is 1. The summed E-state index contributed by atoms with van der Waals surface area (Å²) in [5.41, 5.74) is 1.49. The van der Waals surface area contributed by atoms with Gasteiger partial charge in [-0.2, -0.15) is 0 Å².